The largest absolute Gasteiger partial charge is 0.480 e. The summed E-state index contributed by atoms with van der Waals surface area (Å²) in [6, 6.07) is -0.713. The molecule has 0 bridgehead atoms. The maximum Gasteiger partial charge on any atom is 0.320 e. The highest BCUT2D eigenvalue weighted by atomic mass is 16.5. The molecule has 0 saturated carbocycles. The summed E-state index contributed by atoms with van der Waals surface area (Å²) in [5.74, 6) is -0.910. The van der Waals surface area contributed by atoms with Gasteiger partial charge in [-0.15, -0.1) is 0 Å². The third-order valence-electron chi connectivity index (χ3n) is 1.41. The van der Waals surface area contributed by atoms with E-state index in [0.717, 1.165) is 13.2 Å². The highest BCUT2D eigenvalue weighted by molar-refractivity contribution is 5.73. The Morgan fingerprint density at radius 2 is 1.56 bits per heavy atom. The summed E-state index contributed by atoms with van der Waals surface area (Å²) >= 11 is 0. The maximum atomic E-state index is 10.0. The molecule has 0 rings (SSSR count). The van der Waals surface area contributed by atoms with Crippen LogP contribution in [0, 0.1) is 5.92 Å². The molecule has 0 aromatic rings. The number of rotatable bonds is 4. The molecule has 5 heteroatoms. The summed E-state index contributed by atoms with van der Waals surface area (Å²) in [5.41, 5.74) is 5.16. The van der Waals surface area contributed by atoms with Crippen molar-refractivity contribution in [3.8, 4) is 0 Å². The second-order valence-corrected chi connectivity index (χ2v) is 3.21. The Morgan fingerprint density at radius 1 is 1.25 bits per heavy atom. The minimum atomic E-state index is -0.931. The van der Waals surface area contributed by atoms with Crippen molar-refractivity contribution in [3.05, 3.63) is 0 Å². The quantitative estimate of drug-likeness (QED) is 0.680. The fourth-order valence-electron chi connectivity index (χ4n) is 0.489. The first-order valence-electron chi connectivity index (χ1n) is 5.55. The maximum absolute atomic E-state index is 10.0. The van der Waals surface area contributed by atoms with Crippen LogP contribution in [0.3, 0.4) is 0 Å². The van der Waals surface area contributed by atoms with Gasteiger partial charge in [-0.25, -0.2) is 0 Å². The lowest BCUT2D eigenvalue weighted by Gasteiger charge is -2.07. The Labute approximate surface area is 98.6 Å². The summed E-state index contributed by atoms with van der Waals surface area (Å²) in [4.78, 5) is 10.0. The van der Waals surface area contributed by atoms with Gasteiger partial charge in [-0.2, -0.15) is 0 Å². The molecule has 5 nitrogen and oxygen atoms in total. The van der Waals surface area contributed by atoms with Gasteiger partial charge in [0.25, 0.3) is 0 Å². The minimum absolute atomic E-state index is 0.0208. The van der Waals surface area contributed by atoms with E-state index in [-0.39, 0.29) is 12.5 Å². The summed E-state index contributed by atoms with van der Waals surface area (Å²) in [5, 5.41) is 15.8. The molecule has 4 N–H and O–H groups in total. The lowest BCUT2D eigenvalue weighted by atomic mass is 10.1. The zero-order valence-electron chi connectivity index (χ0n) is 11.1. The van der Waals surface area contributed by atoms with Crippen LogP contribution in [0.15, 0.2) is 0 Å². The van der Waals surface area contributed by atoms with E-state index < -0.39 is 12.0 Å². The minimum Gasteiger partial charge on any atom is -0.480 e. The van der Waals surface area contributed by atoms with Crippen LogP contribution >= 0.6 is 0 Å². The SMILES string of the molecule is CC(C)[C@H](N)C(=O)O.CCO.CCOCC. The first-order chi connectivity index (χ1) is 7.38. The van der Waals surface area contributed by atoms with Crippen molar-refractivity contribution < 1.29 is 19.7 Å². The van der Waals surface area contributed by atoms with Gasteiger partial charge in [0.05, 0.1) is 0 Å². The smallest absolute Gasteiger partial charge is 0.320 e. The highest BCUT2D eigenvalue weighted by Gasteiger charge is 2.14. The average Bonchev–Trinajstić information content (AvgIpc) is 2.19. The molecule has 0 radical (unpaired) electrons. The lowest BCUT2D eigenvalue weighted by molar-refractivity contribution is -0.139. The molecular formula is C11H27NO4. The van der Waals surface area contributed by atoms with Crippen molar-refractivity contribution in [2.24, 2.45) is 11.7 Å². The van der Waals surface area contributed by atoms with Gasteiger partial charge in [-0.1, -0.05) is 13.8 Å². The van der Waals surface area contributed by atoms with E-state index in [2.05, 4.69) is 0 Å². The molecule has 0 aromatic carbocycles. The zero-order chi connectivity index (χ0) is 13.6. The van der Waals surface area contributed by atoms with Crippen molar-refractivity contribution in [1.29, 1.82) is 0 Å². The van der Waals surface area contributed by atoms with Gasteiger partial charge >= 0.3 is 5.97 Å². The Kier molecular flexibility index (Phi) is 21.7. The van der Waals surface area contributed by atoms with Gasteiger partial charge < -0.3 is 20.7 Å². The molecule has 100 valence electrons. The number of hydrogen-bond donors (Lipinski definition) is 3. The fraction of sp³-hybridized carbons (Fsp3) is 0.909. The molecule has 0 spiro atoms. The summed E-state index contributed by atoms with van der Waals surface area (Å²) in [6.07, 6.45) is 0. The normalized spacial score (nSPS) is 10.8. The predicted octanol–water partition coefficient (Wildman–Crippen LogP) is 1.10. The number of nitrogens with two attached hydrogens (primary N) is 1. The standard InChI is InChI=1S/C5H11NO2.C4H10O.C2H6O/c1-3(2)4(6)5(7)8;1-3-5-4-2;1-2-3/h3-4H,6H2,1-2H3,(H,7,8);3-4H2,1-2H3;3H,2H2,1H3/t4-;;/m0../s1. The number of aliphatic hydroxyl groups is 1. The van der Waals surface area contributed by atoms with E-state index >= 15 is 0 Å². The third kappa shape index (κ3) is 23.3. The first kappa shape index (κ1) is 20.7. The van der Waals surface area contributed by atoms with Crippen molar-refractivity contribution in [2.45, 2.75) is 40.7 Å². The average molecular weight is 237 g/mol. The Balaban J connectivity index is -0.000000181. The van der Waals surface area contributed by atoms with E-state index in [1.165, 1.54) is 0 Å². The van der Waals surface area contributed by atoms with E-state index in [1.54, 1.807) is 20.8 Å². The monoisotopic (exact) mass is 237 g/mol. The van der Waals surface area contributed by atoms with Crippen LogP contribution < -0.4 is 5.73 Å². The van der Waals surface area contributed by atoms with Crippen LogP contribution in [0.5, 0.6) is 0 Å². The molecular weight excluding hydrogens is 210 g/mol. The van der Waals surface area contributed by atoms with Crippen LogP contribution in [0.25, 0.3) is 0 Å². The third-order valence-corrected chi connectivity index (χ3v) is 1.41. The zero-order valence-corrected chi connectivity index (χ0v) is 11.1. The highest BCUT2D eigenvalue weighted by Crippen LogP contribution is 1.96. The van der Waals surface area contributed by atoms with E-state index in [4.69, 9.17) is 20.7 Å². The summed E-state index contributed by atoms with van der Waals surface area (Å²) in [6.45, 7) is 11.2. The van der Waals surface area contributed by atoms with Crippen LogP contribution in [-0.2, 0) is 9.53 Å². The van der Waals surface area contributed by atoms with Gasteiger partial charge in [0, 0.05) is 19.8 Å². The first-order valence-corrected chi connectivity index (χ1v) is 5.55. The molecule has 1 atom stereocenters. The van der Waals surface area contributed by atoms with Crippen LogP contribution in [0.1, 0.15) is 34.6 Å². The number of aliphatic hydroxyl groups excluding tert-OH is 1. The Bertz CT molecular complexity index is 138. The van der Waals surface area contributed by atoms with Crippen molar-refractivity contribution >= 4 is 5.97 Å². The van der Waals surface area contributed by atoms with Gasteiger partial charge in [0.2, 0.25) is 0 Å². The topological polar surface area (TPSA) is 92.8 Å². The van der Waals surface area contributed by atoms with Gasteiger partial charge in [0.1, 0.15) is 6.04 Å². The number of aliphatic carboxylic acids is 1. The van der Waals surface area contributed by atoms with E-state index in [9.17, 15) is 4.79 Å². The molecule has 0 aliphatic heterocycles. The van der Waals surface area contributed by atoms with Gasteiger partial charge in [0.15, 0.2) is 0 Å². The van der Waals surface area contributed by atoms with Crippen molar-refractivity contribution in [3.63, 3.8) is 0 Å². The second-order valence-electron chi connectivity index (χ2n) is 3.21. The molecule has 0 unspecified atom stereocenters. The second kappa shape index (κ2) is 16.8. The molecule has 0 heterocycles. The molecule has 0 amide bonds. The predicted molar refractivity (Wildman–Crippen MR) is 65.4 cm³/mol. The lowest BCUT2D eigenvalue weighted by Crippen LogP contribution is -2.34. The van der Waals surface area contributed by atoms with Crippen LogP contribution in [0.4, 0.5) is 0 Å². The number of hydrogen-bond acceptors (Lipinski definition) is 4. The van der Waals surface area contributed by atoms with Crippen molar-refractivity contribution in [1.82, 2.24) is 0 Å². The van der Waals surface area contributed by atoms with E-state index in [1.807, 2.05) is 13.8 Å². The van der Waals surface area contributed by atoms with E-state index in [0.29, 0.717) is 0 Å². The molecule has 0 aromatic heterocycles. The number of carbonyl (C=O) groups is 1. The van der Waals surface area contributed by atoms with Gasteiger partial charge in [-0.3, -0.25) is 4.79 Å². The number of carboxylic acid groups (broad SMARTS) is 1. The van der Waals surface area contributed by atoms with Crippen molar-refractivity contribution in [2.75, 3.05) is 19.8 Å². The molecule has 0 fully saturated rings. The van der Waals surface area contributed by atoms with Crippen LogP contribution in [-0.4, -0.2) is 42.0 Å². The summed E-state index contributed by atoms with van der Waals surface area (Å²) in [7, 11) is 0. The van der Waals surface area contributed by atoms with Gasteiger partial charge in [-0.05, 0) is 26.7 Å². The molecule has 16 heavy (non-hydrogen) atoms. The molecule has 0 aliphatic carbocycles. The van der Waals surface area contributed by atoms with Crippen LogP contribution in [0.2, 0.25) is 0 Å². The number of ether oxygens (including phenoxy) is 1. The Hall–Kier alpha value is -0.650. The fourth-order valence-corrected chi connectivity index (χ4v) is 0.489. The molecule has 0 aliphatic rings. The molecule has 0 saturated heterocycles. The summed E-state index contributed by atoms with van der Waals surface area (Å²) < 4.78 is 4.83. The Morgan fingerprint density at radius 3 is 1.56 bits per heavy atom. The number of carboxylic acids is 1.